The van der Waals surface area contributed by atoms with Gasteiger partial charge in [-0.05, 0) is 35.9 Å². The lowest BCUT2D eigenvalue weighted by atomic mass is 9.78. The van der Waals surface area contributed by atoms with Crippen LogP contribution < -0.4 is 5.32 Å². The Hall–Kier alpha value is -2.77. The average Bonchev–Trinajstić information content (AvgIpc) is 3.13. The summed E-state index contributed by atoms with van der Waals surface area (Å²) in [5.41, 5.74) is 2.17. The molecular weight excluding hydrogens is 366 g/mol. The molecule has 29 heavy (non-hydrogen) atoms. The minimum atomic E-state index is 0.0714. The second-order valence-corrected chi connectivity index (χ2v) is 7.99. The number of hydrogen-bond acceptors (Lipinski definition) is 5. The van der Waals surface area contributed by atoms with Crippen molar-refractivity contribution < 1.29 is 9.53 Å². The first-order valence-corrected chi connectivity index (χ1v) is 10.2. The Morgan fingerprint density at radius 1 is 1.10 bits per heavy atom. The van der Waals surface area contributed by atoms with E-state index in [1.165, 1.54) is 0 Å². The monoisotopic (exact) mass is 391 g/mol. The molecule has 2 fully saturated rings. The number of aromatic nitrogens is 3. The molecule has 1 saturated heterocycles. The predicted octanol–water partition coefficient (Wildman–Crippen LogP) is 2.68. The van der Waals surface area contributed by atoms with E-state index in [2.05, 4.69) is 38.5 Å². The quantitative estimate of drug-likeness (QED) is 0.740. The molecule has 150 valence electrons. The van der Waals surface area contributed by atoms with Crippen molar-refractivity contribution in [1.29, 1.82) is 0 Å². The number of amides is 1. The fraction of sp³-hybridized carbons (Fsp3) is 0.409. The summed E-state index contributed by atoms with van der Waals surface area (Å²) >= 11 is 0. The smallest absolute Gasteiger partial charge is 0.228 e. The predicted molar refractivity (Wildman–Crippen MR) is 111 cm³/mol. The number of benzene rings is 1. The van der Waals surface area contributed by atoms with Crippen molar-refractivity contribution in [3.63, 3.8) is 0 Å². The molecule has 1 aromatic carbocycles. The van der Waals surface area contributed by atoms with Crippen LogP contribution in [-0.2, 0) is 16.6 Å². The van der Waals surface area contributed by atoms with Gasteiger partial charge in [-0.15, -0.1) is 0 Å². The highest BCUT2D eigenvalue weighted by atomic mass is 16.5. The molecule has 0 unspecified atom stereocenters. The SMILES string of the molecule is Cn1cc(-c2ccc3cnc(NC(=O)[C@H]4C[C@H](N5CCOCC5)C4)cc3c2)cn1. The zero-order chi connectivity index (χ0) is 19.8. The number of hydrogen-bond donors (Lipinski definition) is 1. The van der Waals surface area contributed by atoms with Crippen LogP contribution >= 0.6 is 0 Å². The first kappa shape index (κ1) is 18.3. The number of fused-ring (bicyclic) bond motifs is 1. The molecule has 1 N–H and O–H groups in total. The molecule has 2 aromatic heterocycles. The van der Waals surface area contributed by atoms with E-state index in [4.69, 9.17) is 4.74 Å². The summed E-state index contributed by atoms with van der Waals surface area (Å²) in [6, 6.07) is 8.70. The third-order valence-corrected chi connectivity index (χ3v) is 6.06. The normalized spacial score (nSPS) is 22.4. The molecule has 5 rings (SSSR count). The Bertz CT molecular complexity index is 1030. The minimum Gasteiger partial charge on any atom is -0.379 e. The molecule has 0 radical (unpaired) electrons. The maximum Gasteiger partial charge on any atom is 0.228 e. The number of pyridine rings is 1. The zero-order valence-electron chi connectivity index (χ0n) is 16.5. The fourth-order valence-corrected chi connectivity index (χ4v) is 4.23. The van der Waals surface area contributed by atoms with Gasteiger partial charge in [0.15, 0.2) is 0 Å². The molecule has 0 atom stereocenters. The summed E-state index contributed by atoms with van der Waals surface area (Å²) in [5, 5.41) is 9.36. The minimum absolute atomic E-state index is 0.0714. The second kappa shape index (κ2) is 7.57. The van der Waals surface area contributed by atoms with Gasteiger partial charge in [-0.25, -0.2) is 4.98 Å². The van der Waals surface area contributed by atoms with Crippen molar-refractivity contribution in [1.82, 2.24) is 19.7 Å². The molecule has 7 heteroatoms. The number of nitrogens with one attached hydrogen (secondary N) is 1. The van der Waals surface area contributed by atoms with Gasteiger partial charge in [0.25, 0.3) is 0 Å². The largest absolute Gasteiger partial charge is 0.379 e. The van der Waals surface area contributed by atoms with Gasteiger partial charge < -0.3 is 10.1 Å². The molecule has 3 heterocycles. The first-order chi connectivity index (χ1) is 14.2. The number of aryl methyl sites for hydroxylation is 1. The van der Waals surface area contributed by atoms with Crippen LogP contribution in [0.5, 0.6) is 0 Å². The van der Waals surface area contributed by atoms with E-state index in [0.29, 0.717) is 11.9 Å². The van der Waals surface area contributed by atoms with E-state index < -0.39 is 0 Å². The van der Waals surface area contributed by atoms with Gasteiger partial charge in [0, 0.05) is 55.4 Å². The van der Waals surface area contributed by atoms with Gasteiger partial charge >= 0.3 is 0 Å². The van der Waals surface area contributed by atoms with Crippen LogP contribution in [0.25, 0.3) is 21.9 Å². The maximum absolute atomic E-state index is 12.6. The molecule has 0 spiro atoms. The maximum atomic E-state index is 12.6. The van der Waals surface area contributed by atoms with Crippen LogP contribution in [0.2, 0.25) is 0 Å². The number of rotatable bonds is 4. The molecular formula is C22H25N5O2. The average molecular weight is 391 g/mol. The molecule has 2 aliphatic rings. The molecule has 1 amide bonds. The summed E-state index contributed by atoms with van der Waals surface area (Å²) in [6.07, 6.45) is 7.50. The highest BCUT2D eigenvalue weighted by Crippen LogP contribution is 2.33. The van der Waals surface area contributed by atoms with Gasteiger partial charge in [0.05, 0.1) is 19.4 Å². The zero-order valence-corrected chi connectivity index (χ0v) is 16.5. The Kier molecular flexibility index (Phi) is 4.77. The number of carbonyl (C=O) groups is 1. The summed E-state index contributed by atoms with van der Waals surface area (Å²) in [7, 11) is 1.91. The standard InChI is InChI=1S/C22H25N5O2/c1-26-14-19(13-24-26)15-2-3-16-12-23-21(11-17(16)8-15)25-22(28)18-9-20(10-18)27-4-6-29-7-5-27/h2-3,8,11-14,18,20H,4-7,9-10H2,1H3,(H,23,25,28)/t18-,20-. The van der Waals surface area contributed by atoms with E-state index in [9.17, 15) is 4.79 Å². The van der Waals surface area contributed by atoms with E-state index in [1.54, 1.807) is 4.68 Å². The van der Waals surface area contributed by atoms with Gasteiger partial charge in [0.1, 0.15) is 5.82 Å². The molecule has 1 aliphatic heterocycles. The van der Waals surface area contributed by atoms with E-state index in [1.807, 2.05) is 31.7 Å². The van der Waals surface area contributed by atoms with Crippen LogP contribution in [0.1, 0.15) is 12.8 Å². The number of nitrogens with zero attached hydrogens (tertiary/aromatic N) is 4. The Labute approximate surface area is 169 Å². The lowest BCUT2D eigenvalue weighted by Crippen LogP contribution is -2.52. The Balaban J connectivity index is 1.26. The molecule has 1 aliphatic carbocycles. The summed E-state index contributed by atoms with van der Waals surface area (Å²) in [4.78, 5) is 19.5. The molecule has 1 saturated carbocycles. The molecule has 3 aromatic rings. The highest BCUT2D eigenvalue weighted by Gasteiger charge is 2.38. The topological polar surface area (TPSA) is 72.3 Å². The van der Waals surface area contributed by atoms with Crippen LogP contribution in [0.15, 0.2) is 42.9 Å². The lowest BCUT2D eigenvalue weighted by molar-refractivity contribution is -0.125. The molecule has 7 nitrogen and oxygen atoms in total. The van der Waals surface area contributed by atoms with E-state index in [-0.39, 0.29) is 11.8 Å². The Morgan fingerprint density at radius 3 is 2.69 bits per heavy atom. The van der Waals surface area contributed by atoms with Crippen molar-refractivity contribution in [3.8, 4) is 11.1 Å². The third kappa shape index (κ3) is 3.75. The number of ether oxygens (including phenoxy) is 1. The Morgan fingerprint density at radius 2 is 1.93 bits per heavy atom. The van der Waals surface area contributed by atoms with Crippen molar-refractivity contribution in [2.24, 2.45) is 13.0 Å². The van der Waals surface area contributed by atoms with Crippen LogP contribution in [0, 0.1) is 5.92 Å². The van der Waals surface area contributed by atoms with Crippen LogP contribution in [0.3, 0.4) is 0 Å². The van der Waals surface area contributed by atoms with Crippen molar-refractivity contribution in [2.75, 3.05) is 31.6 Å². The first-order valence-electron chi connectivity index (χ1n) is 10.2. The number of morpholine rings is 1. The summed E-state index contributed by atoms with van der Waals surface area (Å²) in [6.45, 7) is 3.56. The second-order valence-electron chi connectivity index (χ2n) is 7.99. The molecule has 0 bridgehead atoms. The highest BCUT2D eigenvalue weighted by molar-refractivity contribution is 5.95. The summed E-state index contributed by atoms with van der Waals surface area (Å²) < 4.78 is 7.20. The van der Waals surface area contributed by atoms with Crippen molar-refractivity contribution >= 4 is 22.5 Å². The lowest BCUT2D eigenvalue weighted by Gasteiger charge is -2.43. The third-order valence-electron chi connectivity index (χ3n) is 6.06. The van der Waals surface area contributed by atoms with E-state index in [0.717, 1.165) is 61.0 Å². The van der Waals surface area contributed by atoms with Gasteiger partial charge in [-0.2, -0.15) is 5.10 Å². The van der Waals surface area contributed by atoms with Gasteiger partial charge in [0.2, 0.25) is 5.91 Å². The van der Waals surface area contributed by atoms with Gasteiger partial charge in [-0.1, -0.05) is 12.1 Å². The van der Waals surface area contributed by atoms with Crippen molar-refractivity contribution in [2.45, 2.75) is 18.9 Å². The van der Waals surface area contributed by atoms with Crippen molar-refractivity contribution in [3.05, 3.63) is 42.9 Å². The number of anilines is 1. The van der Waals surface area contributed by atoms with E-state index >= 15 is 0 Å². The summed E-state index contributed by atoms with van der Waals surface area (Å²) in [5.74, 6) is 0.757. The number of carbonyl (C=O) groups excluding carboxylic acids is 1. The van der Waals surface area contributed by atoms with Crippen LogP contribution in [-0.4, -0.2) is 57.9 Å². The van der Waals surface area contributed by atoms with Crippen LogP contribution in [0.4, 0.5) is 5.82 Å². The fourth-order valence-electron chi connectivity index (χ4n) is 4.23. The van der Waals surface area contributed by atoms with Gasteiger partial charge in [-0.3, -0.25) is 14.4 Å².